The molecule has 2 rings (SSSR count). The third-order valence-electron chi connectivity index (χ3n) is 2.98. The monoisotopic (exact) mass is 468 g/mol. The minimum absolute atomic E-state index is 0.208. The van der Waals surface area contributed by atoms with Gasteiger partial charge in [0.15, 0.2) is 12.5 Å². The summed E-state index contributed by atoms with van der Waals surface area (Å²) in [7, 11) is -16.5. The summed E-state index contributed by atoms with van der Waals surface area (Å²) in [5, 5.41) is 0. The number of hydrogen-bond donors (Lipinski definition) is 5. The summed E-state index contributed by atoms with van der Waals surface area (Å²) in [5.41, 5.74) is -1.18. The van der Waals surface area contributed by atoms with Crippen molar-refractivity contribution in [1.82, 2.24) is 9.55 Å². The molecule has 5 N–H and O–H groups in total. The summed E-state index contributed by atoms with van der Waals surface area (Å²) in [6.45, 7) is 0.393. The van der Waals surface area contributed by atoms with Gasteiger partial charge in [-0.3, -0.25) is 18.9 Å². The molecule has 16 nitrogen and oxygen atoms in total. The van der Waals surface area contributed by atoms with Crippen molar-refractivity contribution < 1.29 is 55.9 Å². The summed E-state index contributed by atoms with van der Waals surface area (Å²) in [6, 6.07) is 0. The van der Waals surface area contributed by atoms with Gasteiger partial charge < -0.3 is 29.0 Å². The Kier molecular flexibility index (Phi) is 6.99. The Labute approximate surface area is 155 Å². The van der Waals surface area contributed by atoms with Gasteiger partial charge in [0.2, 0.25) is 0 Å². The van der Waals surface area contributed by atoms with Crippen LogP contribution >= 0.6 is 23.5 Å². The van der Waals surface area contributed by atoms with E-state index in [4.69, 9.17) is 24.2 Å². The fourth-order valence-electron chi connectivity index (χ4n) is 1.94. The van der Waals surface area contributed by atoms with E-state index < -0.39 is 53.8 Å². The zero-order chi connectivity index (χ0) is 21.3. The van der Waals surface area contributed by atoms with E-state index in [-0.39, 0.29) is 12.2 Å². The lowest BCUT2D eigenvalue weighted by atomic mass is 10.4. The first-order valence-electron chi connectivity index (χ1n) is 7.05. The number of aromatic nitrogens is 2. The van der Waals surface area contributed by atoms with Crippen LogP contribution in [0.2, 0.25) is 0 Å². The van der Waals surface area contributed by atoms with E-state index in [1.54, 1.807) is 0 Å². The molecule has 1 aromatic heterocycles. The molecule has 0 radical (unpaired) electrons. The third-order valence-corrected chi connectivity index (χ3v) is 6.78. The Balaban J connectivity index is 1.95. The molecule has 1 aromatic rings. The van der Waals surface area contributed by atoms with Gasteiger partial charge in [-0.2, -0.15) is 8.62 Å². The number of hydrogen-bond acceptors (Lipinski definition) is 10. The van der Waals surface area contributed by atoms with Crippen LogP contribution < -0.4 is 11.2 Å². The van der Waals surface area contributed by atoms with Gasteiger partial charge in [0, 0.05) is 11.8 Å². The molecule has 0 bridgehead atoms. The van der Waals surface area contributed by atoms with Crippen molar-refractivity contribution in [3.05, 3.63) is 32.6 Å². The predicted octanol–water partition coefficient (Wildman–Crippen LogP) is -0.940. The normalized spacial score (nSPS) is 24.6. The van der Waals surface area contributed by atoms with Gasteiger partial charge >= 0.3 is 29.2 Å². The SMILES string of the molecule is Cc1cn([C@H]2CO[C@@H](COP(=O)(O)OP(=O)(O)OP(=O)(O)O)O2)c(=O)[nH]c1=O. The number of aryl methyl sites for hydroxylation is 1. The second-order valence-electron chi connectivity index (χ2n) is 5.22. The number of phosphoric acid groups is 3. The number of H-pyrrole nitrogens is 1. The maximum atomic E-state index is 11.8. The molecule has 0 aliphatic carbocycles. The Bertz CT molecular complexity index is 979. The summed E-state index contributed by atoms with van der Waals surface area (Å²) in [6.07, 6.45) is -1.13. The van der Waals surface area contributed by atoms with Crippen molar-refractivity contribution in [1.29, 1.82) is 0 Å². The van der Waals surface area contributed by atoms with E-state index in [9.17, 15) is 28.2 Å². The molecule has 1 aliphatic rings. The fraction of sp³-hybridized carbons (Fsp3) is 0.556. The van der Waals surface area contributed by atoms with Crippen molar-refractivity contribution in [2.75, 3.05) is 13.2 Å². The molecule has 0 amide bonds. The molecule has 19 heteroatoms. The number of ether oxygens (including phenoxy) is 2. The van der Waals surface area contributed by atoms with Crippen LogP contribution in [0.3, 0.4) is 0 Å². The van der Waals surface area contributed by atoms with Crippen LogP contribution in [0.25, 0.3) is 0 Å². The van der Waals surface area contributed by atoms with Crippen molar-refractivity contribution in [3.63, 3.8) is 0 Å². The highest BCUT2D eigenvalue weighted by molar-refractivity contribution is 7.66. The van der Waals surface area contributed by atoms with Crippen LogP contribution in [0, 0.1) is 6.92 Å². The Hall–Kier alpha value is -0.990. The lowest BCUT2D eigenvalue weighted by Crippen LogP contribution is -2.34. The van der Waals surface area contributed by atoms with Crippen molar-refractivity contribution in [2.24, 2.45) is 0 Å². The van der Waals surface area contributed by atoms with Gasteiger partial charge in [0.1, 0.15) is 6.61 Å². The molecule has 1 saturated heterocycles. The first kappa shape index (κ1) is 23.3. The van der Waals surface area contributed by atoms with E-state index >= 15 is 0 Å². The van der Waals surface area contributed by atoms with Gasteiger partial charge in [-0.05, 0) is 6.92 Å². The minimum Gasteiger partial charge on any atom is -0.345 e. The lowest BCUT2D eigenvalue weighted by molar-refractivity contribution is -0.0974. The van der Waals surface area contributed by atoms with E-state index in [2.05, 4.69) is 13.1 Å². The molecular formula is C9H15N2O14P3. The molecule has 0 spiro atoms. The second kappa shape index (κ2) is 8.40. The van der Waals surface area contributed by atoms with Gasteiger partial charge in [0.05, 0.1) is 6.61 Å². The van der Waals surface area contributed by atoms with E-state index in [1.807, 2.05) is 4.98 Å². The van der Waals surface area contributed by atoms with E-state index in [1.165, 1.54) is 13.1 Å². The number of aromatic amines is 1. The predicted molar refractivity (Wildman–Crippen MR) is 85.7 cm³/mol. The molecule has 4 atom stereocenters. The quantitative estimate of drug-likeness (QED) is 0.290. The van der Waals surface area contributed by atoms with Crippen LogP contribution in [0.4, 0.5) is 0 Å². The Morgan fingerprint density at radius 1 is 1.18 bits per heavy atom. The summed E-state index contributed by atoms with van der Waals surface area (Å²) in [4.78, 5) is 60.4. The smallest absolute Gasteiger partial charge is 0.345 e. The molecule has 2 unspecified atom stereocenters. The average Bonchev–Trinajstić information content (AvgIpc) is 2.94. The molecule has 28 heavy (non-hydrogen) atoms. The van der Waals surface area contributed by atoms with Gasteiger partial charge in [-0.1, -0.05) is 0 Å². The third kappa shape index (κ3) is 6.81. The number of nitrogens with one attached hydrogen (secondary N) is 1. The second-order valence-corrected chi connectivity index (χ2v) is 9.64. The molecule has 160 valence electrons. The van der Waals surface area contributed by atoms with Crippen molar-refractivity contribution >= 4 is 23.5 Å². The number of phosphoric ester groups is 1. The van der Waals surface area contributed by atoms with Gasteiger partial charge in [-0.25, -0.2) is 18.5 Å². The summed E-state index contributed by atoms with van der Waals surface area (Å²) < 4.78 is 56.1. The summed E-state index contributed by atoms with van der Waals surface area (Å²) in [5.74, 6) is 0. The Morgan fingerprint density at radius 2 is 1.82 bits per heavy atom. The Morgan fingerprint density at radius 3 is 2.43 bits per heavy atom. The molecule has 1 fully saturated rings. The maximum Gasteiger partial charge on any atom is 0.490 e. The van der Waals surface area contributed by atoms with Crippen molar-refractivity contribution in [2.45, 2.75) is 19.4 Å². The molecular weight excluding hydrogens is 453 g/mol. The van der Waals surface area contributed by atoms with Gasteiger partial charge in [-0.15, -0.1) is 0 Å². The first-order chi connectivity index (χ1) is 12.7. The van der Waals surface area contributed by atoms with Crippen LogP contribution in [0.15, 0.2) is 15.8 Å². The largest absolute Gasteiger partial charge is 0.490 e. The minimum atomic E-state index is -5.64. The highest BCUT2D eigenvalue weighted by Crippen LogP contribution is 2.66. The lowest BCUT2D eigenvalue weighted by Gasteiger charge is -2.18. The number of nitrogens with zero attached hydrogens (tertiary/aromatic N) is 1. The van der Waals surface area contributed by atoms with Crippen LogP contribution in [-0.4, -0.2) is 48.6 Å². The van der Waals surface area contributed by atoms with Crippen LogP contribution in [-0.2, 0) is 36.3 Å². The number of rotatable bonds is 8. The van der Waals surface area contributed by atoms with Crippen molar-refractivity contribution in [3.8, 4) is 0 Å². The van der Waals surface area contributed by atoms with Gasteiger partial charge in [0.25, 0.3) is 5.56 Å². The van der Waals surface area contributed by atoms with E-state index in [0.29, 0.717) is 0 Å². The fourth-order valence-corrected chi connectivity index (χ4v) is 4.94. The van der Waals surface area contributed by atoms with Crippen LogP contribution in [0.1, 0.15) is 11.8 Å². The highest BCUT2D eigenvalue weighted by Gasteiger charge is 2.41. The van der Waals surface area contributed by atoms with Crippen LogP contribution in [0.5, 0.6) is 0 Å². The maximum absolute atomic E-state index is 11.8. The van der Waals surface area contributed by atoms with E-state index in [0.717, 1.165) is 4.57 Å². The molecule has 1 aliphatic heterocycles. The highest BCUT2D eigenvalue weighted by atomic mass is 31.3. The topological polar surface area (TPSA) is 233 Å². The first-order valence-corrected chi connectivity index (χ1v) is 11.6. The molecule has 0 saturated carbocycles. The molecule has 2 heterocycles. The standard InChI is InChI=1S/C9H15N2O14P3/c1-5-2-11(9(13)10-8(5)12)6-3-21-7(23-6)4-22-27(17,18)25-28(19,20)24-26(14,15)16/h2,6-7H,3-4H2,1H3,(H,17,18)(H,19,20)(H,10,12,13)(H2,14,15,16)/t6-,7-/m1/s1. The average molecular weight is 468 g/mol. The zero-order valence-corrected chi connectivity index (χ0v) is 16.5. The summed E-state index contributed by atoms with van der Waals surface area (Å²) >= 11 is 0. The molecule has 0 aromatic carbocycles. The zero-order valence-electron chi connectivity index (χ0n) is 13.8.